The number of aryl methyl sites for hydroxylation is 1. The molecule has 100 valence electrons. The Hall–Kier alpha value is -1.80. The SMILES string of the molecule is CNC1C(=O)N(c2nsc(C)n2)CCc2ncoc21. The minimum Gasteiger partial charge on any atom is -0.446 e. The van der Waals surface area contributed by atoms with E-state index in [4.69, 9.17) is 4.42 Å². The average molecular weight is 279 g/mol. The van der Waals surface area contributed by atoms with E-state index in [0.717, 1.165) is 10.7 Å². The van der Waals surface area contributed by atoms with Crippen molar-refractivity contribution in [2.45, 2.75) is 19.4 Å². The zero-order valence-corrected chi connectivity index (χ0v) is 11.4. The Balaban J connectivity index is 1.98. The van der Waals surface area contributed by atoms with E-state index in [2.05, 4.69) is 19.7 Å². The topological polar surface area (TPSA) is 84.2 Å². The fourth-order valence-electron chi connectivity index (χ4n) is 2.15. The van der Waals surface area contributed by atoms with Gasteiger partial charge in [-0.05, 0) is 25.5 Å². The Kier molecular flexibility index (Phi) is 3.03. The number of hydrogen-bond donors (Lipinski definition) is 1. The average Bonchev–Trinajstić information content (AvgIpc) is 2.98. The van der Waals surface area contributed by atoms with Crippen molar-refractivity contribution in [3.05, 3.63) is 22.9 Å². The normalized spacial score (nSPS) is 19.4. The Bertz CT molecular complexity index is 608. The summed E-state index contributed by atoms with van der Waals surface area (Å²) in [7, 11) is 1.72. The fourth-order valence-corrected chi connectivity index (χ4v) is 2.62. The maximum Gasteiger partial charge on any atom is 0.254 e. The molecule has 1 atom stereocenters. The molecule has 0 fully saturated rings. The van der Waals surface area contributed by atoms with Crippen molar-refractivity contribution in [1.82, 2.24) is 19.7 Å². The number of anilines is 1. The van der Waals surface area contributed by atoms with Gasteiger partial charge in [-0.1, -0.05) is 0 Å². The van der Waals surface area contributed by atoms with Gasteiger partial charge in [0.25, 0.3) is 5.91 Å². The van der Waals surface area contributed by atoms with Crippen molar-refractivity contribution in [3.63, 3.8) is 0 Å². The lowest BCUT2D eigenvalue weighted by molar-refractivity contribution is -0.120. The minimum absolute atomic E-state index is 0.115. The lowest BCUT2D eigenvalue weighted by Gasteiger charge is -2.20. The number of nitrogens with one attached hydrogen (secondary N) is 1. The summed E-state index contributed by atoms with van der Waals surface area (Å²) in [4.78, 5) is 22.6. The molecule has 19 heavy (non-hydrogen) atoms. The van der Waals surface area contributed by atoms with Crippen LogP contribution in [0.25, 0.3) is 0 Å². The van der Waals surface area contributed by atoms with Crippen LogP contribution in [0.1, 0.15) is 22.5 Å². The van der Waals surface area contributed by atoms with E-state index in [-0.39, 0.29) is 5.91 Å². The van der Waals surface area contributed by atoms with E-state index in [1.54, 1.807) is 11.9 Å². The number of oxazole rings is 1. The van der Waals surface area contributed by atoms with Crippen LogP contribution in [-0.4, -0.2) is 33.8 Å². The number of fused-ring (bicyclic) bond motifs is 1. The molecular weight excluding hydrogens is 266 g/mol. The molecule has 1 amide bonds. The zero-order chi connectivity index (χ0) is 13.4. The molecule has 2 aromatic rings. The number of rotatable bonds is 2. The zero-order valence-electron chi connectivity index (χ0n) is 10.6. The quantitative estimate of drug-likeness (QED) is 0.870. The summed E-state index contributed by atoms with van der Waals surface area (Å²) >= 11 is 1.29. The van der Waals surface area contributed by atoms with Crippen molar-refractivity contribution < 1.29 is 9.21 Å². The van der Waals surface area contributed by atoms with E-state index >= 15 is 0 Å². The van der Waals surface area contributed by atoms with Gasteiger partial charge >= 0.3 is 0 Å². The predicted molar refractivity (Wildman–Crippen MR) is 69.0 cm³/mol. The van der Waals surface area contributed by atoms with Gasteiger partial charge in [0.15, 0.2) is 12.2 Å². The first-order valence-electron chi connectivity index (χ1n) is 5.92. The molecule has 1 unspecified atom stereocenters. The van der Waals surface area contributed by atoms with Crippen molar-refractivity contribution in [3.8, 4) is 0 Å². The maximum absolute atomic E-state index is 12.5. The molecule has 0 spiro atoms. The summed E-state index contributed by atoms with van der Waals surface area (Å²) < 4.78 is 9.54. The number of carbonyl (C=O) groups excluding carboxylic acids is 1. The van der Waals surface area contributed by atoms with Gasteiger partial charge in [-0.15, -0.1) is 0 Å². The maximum atomic E-state index is 12.5. The molecule has 1 N–H and O–H groups in total. The van der Waals surface area contributed by atoms with Gasteiger partial charge in [-0.3, -0.25) is 9.69 Å². The molecule has 0 aromatic carbocycles. The van der Waals surface area contributed by atoms with Crippen LogP contribution in [0.15, 0.2) is 10.8 Å². The molecule has 0 aliphatic carbocycles. The van der Waals surface area contributed by atoms with Gasteiger partial charge in [0.1, 0.15) is 11.0 Å². The van der Waals surface area contributed by atoms with E-state index in [1.165, 1.54) is 17.9 Å². The molecule has 3 rings (SSSR count). The Morgan fingerprint density at radius 1 is 1.58 bits per heavy atom. The van der Waals surface area contributed by atoms with Gasteiger partial charge in [-0.25, -0.2) is 9.97 Å². The molecule has 0 radical (unpaired) electrons. The van der Waals surface area contributed by atoms with Crippen LogP contribution in [-0.2, 0) is 11.2 Å². The molecule has 0 bridgehead atoms. The second-order valence-electron chi connectivity index (χ2n) is 4.24. The Morgan fingerprint density at radius 2 is 2.42 bits per heavy atom. The molecule has 0 saturated heterocycles. The highest BCUT2D eigenvalue weighted by atomic mass is 32.1. The monoisotopic (exact) mass is 279 g/mol. The van der Waals surface area contributed by atoms with Crippen LogP contribution < -0.4 is 10.2 Å². The van der Waals surface area contributed by atoms with Gasteiger partial charge in [0, 0.05) is 13.0 Å². The first kappa shape index (κ1) is 12.2. The first-order valence-corrected chi connectivity index (χ1v) is 6.69. The van der Waals surface area contributed by atoms with E-state index in [0.29, 0.717) is 24.7 Å². The lowest BCUT2D eigenvalue weighted by Crippen LogP contribution is -2.39. The number of hydrogen-bond acceptors (Lipinski definition) is 7. The lowest BCUT2D eigenvalue weighted by atomic mass is 10.2. The van der Waals surface area contributed by atoms with Crippen LogP contribution in [0.3, 0.4) is 0 Å². The summed E-state index contributed by atoms with van der Waals surface area (Å²) in [5, 5.41) is 3.80. The number of amides is 1. The van der Waals surface area contributed by atoms with Crippen molar-refractivity contribution in [1.29, 1.82) is 0 Å². The van der Waals surface area contributed by atoms with Crippen LogP contribution in [0.4, 0.5) is 5.95 Å². The minimum atomic E-state index is -0.538. The highest BCUT2D eigenvalue weighted by Crippen LogP contribution is 2.26. The third-order valence-corrected chi connectivity index (χ3v) is 3.68. The van der Waals surface area contributed by atoms with Gasteiger partial charge in [0.2, 0.25) is 5.95 Å². The number of likely N-dealkylation sites (N-methyl/N-ethyl adjacent to an activating group) is 1. The van der Waals surface area contributed by atoms with Gasteiger partial charge < -0.3 is 9.73 Å². The highest BCUT2D eigenvalue weighted by Gasteiger charge is 2.35. The third-order valence-electron chi connectivity index (χ3n) is 3.07. The number of carbonyl (C=O) groups is 1. The molecule has 0 saturated carbocycles. The molecule has 8 heteroatoms. The predicted octanol–water partition coefficient (Wildman–Crippen LogP) is 0.684. The standard InChI is InChI=1S/C11H13N5O2S/c1-6-14-11(15-19-6)16-4-3-7-9(18-5-13-7)8(12-2)10(16)17/h5,8,12H,3-4H2,1-2H3. The number of aromatic nitrogens is 3. The summed E-state index contributed by atoms with van der Waals surface area (Å²) in [6.45, 7) is 2.37. The van der Waals surface area contributed by atoms with Crippen LogP contribution >= 0.6 is 11.5 Å². The van der Waals surface area contributed by atoms with Crippen molar-refractivity contribution >= 4 is 23.4 Å². The van der Waals surface area contributed by atoms with Crippen LogP contribution in [0.2, 0.25) is 0 Å². The first-order chi connectivity index (χ1) is 9.20. The van der Waals surface area contributed by atoms with Crippen LogP contribution in [0.5, 0.6) is 0 Å². The smallest absolute Gasteiger partial charge is 0.254 e. The molecule has 3 heterocycles. The van der Waals surface area contributed by atoms with Gasteiger partial charge in [0.05, 0.1) is 5.69 Å². The Labute approximate surface area is 113 Å². The fraction of sp³-hybridized carbons (Fsp3) is 0.455. The third kappa shape index (κ3) is 2.02. The van der Waals surface area contributed by atoms with Gasteiger partial charge in [-0.2, -0.15) is 4.37 Å². The molecule has 7 nitrogen and oxygen atoms in total. The van der Waals surface area contributed by atoms with E-state index < -0.39 is 6.04 Å². The summed E-state index contributed by atoms with van der Waals surface area (Å²) in [5.41, 5.74) is 0.808. The molecule has 1 aliphatic heterocycles. The second-order valence-corrected chi connectivity index (χ2v) is 5.19. The van der Waals surface area contributed by atoms with E-state index in [1.807, 2.05) is 6.92 Å². The summed E-state index contributed by atoms with van der Waals surface area (Å²) in [6, 6.07) is -0.538. The molecular formula is C11H13N5O2S. The summed E-state index contributed by atoms with van der Waals surface area (Å²) in [5.74, 6) is 0.927. The van der Waals surface area contributed by atoms with E-state index in [9.17, 15) is 4.79 Å². The highest BCUT2D eigenvalue weighted by molar-refractivity contribution is 7.05. The van der Waals surface area contributed by atoms with Crippen LogP contribution in [0, 0.1) is 6.92 Å². The largest absolute Gasteiger partial charge is 0.446 e. The van der Waals surface area contributed by atoms with Crippen molar-refractivity contribution in [2.75, 3.05) is 18.5 Å². The molecule has 1 aliphatic rings. The second kappa shape index (κ2) is 4.71. The number of nitrogens with zero attached hydrogens (tertiary/aromatic N) is 4. The van der Waals surface area contributed by atoms with Crippen molar-refractivity contribution in [2.24, 2.45) is 0 Å². The Morgan fingerprint density at radius 3 is 3.11 bits per heavy atom. The molecule has 2 aromatic heterocycles. The summed E-state index contributed by atoms with van der Waals surface area (Å²) in [6.07, 6.45) is 2.01.